The van der Waals surface area contributed by atoms with E-state index in [2.05, 4.69) is 28.9 Å². The zero-order chi connectivity index (χ0) is 13.9. The molecule has 0 bridgehead atoms. The highest BCUT2D eigenvalue weighted by Gasteiger charge is 2.35. The summed E-state index contributed by atoms with van der Waals surface area (Å²) in [6.07, 6.45) is 5.97. The third-order valence-electron chi connectivity index (χ3n) is 4.41. The van der Waals surface area contributed by atoms with Crippen LogP contribution in [0, 0.1) is 28.5 Å². The first kappa shape index (κ1) is 14.5. The average Bonchev–Trinajstić information content (AvgIpc) is 2.44. The second-order valence-electron chi connectivity index (χ2n) is 5.66. The maximum absolute atomic E-state index is 13.3. The standard InChI is InChI=1S/C16H19BrFN/c1-2-12-5-7-16(11-19,8-6-12)10-13-9-14(18)3-4-15(13)17/h3-4,9,12H,2,5-8,10H2,1H3. The van der Waals surface area contributed by atoms with Gasteiger partial charge in [-0.1, -0.05) is 29.3 Å². The molecule has 0 amide bonds. The zero-order valence-electron chi connectivity index (χ0n) is 11.3. The van der Waals surface area contributed by atoms with Crippen LogP contribution in [0.3, 0.4) is 0 Å². The van der Waals surface area contributed by atoms with Gasteiger partial charge >= 0.3 is 0 Å². The quantitative estimate of drug-likeness (QED) is 0.746. The van der Waals surface area contributed by atoms with E-state index < -0.39 is 0 Å². The van der Waals surface area contributed by atoms with Crippen LogP contribution in [0.2, 0.25) is 0 Å². The number of nitrogens with zero attached hydrogens (tertiary/aromatic N) is 1. The SMILES string of the molecule is CCC1CCC(C#N)(Cc2cc(F)ccc2Br)CC1. The Hall–Kier alpha value is -0.880. The lowest BCUT2D eigenvalue weighted by Gasteiger charge is -2.35. The Bertz CT molecular complexity index is 484. The first-order chi connectivity index (χ1) is 9.08. The summed E-state index contributed by atoms with van der Waals surface area (Å²) in [5, 5.41) is 9.56. The van der Waals surface area contributed by atoms with Gasteiger partial charge in [0.05, 0.1) is 11.5 Å². The third-order valence-corrected chi connectivity index (χ3v) is 5.19. The molecular weight excluding hydrogens is 305 g/mol. The lowest BCUT2D eigenvalue weighted by molar-refractivity contribution is 0.205. The molecule has 19 heavy (non-hydrogen) atoms. The normalized spacial score (nSPS) is 26.9. The van der Waals surface area contributed by atoms with Gasteiger partial charge in [0, 0.05) is 4.47 Å². The van der Waals surface area contributed by atoms with Crippen molar-refractivity contribution in [1.29, 1.82) is 5.26 Å². The van der Waals surface area contributed by atoms with Gasteiger partial charge < -0.3 is 0 Å². The minimum atomic E-state index is -0.304. The largest absolute Gasteiger partial charge is 0.207 e. The number of hydrogen-bond donors (Lipinski definition) is 0. The molecule has 1 aliphatic carbocycles. The smallest absolute Gasteiger partial charge is 0.123 e. The molecule has 1 aromatic rings. The van der Waals surface area contributed by atoms with E-state index in [1.807, 2.05) is 0 Å². The molecule has 2 rings (SSSR count). The molecule has 0 atom stereocenters. The fourth-order valence-corrected chi connectivity index (χ4v) is 3.40. The molecule has 102 valence electrons. The van der Waals surface area contributed by atoms with Gasteiger partial charge in [-0.05, 0) is 61.8 Å². The Morgan fingerprint density at radius 1 is 1.42 bits per heavy atom. The van der Waals surface area contributed by atoms with E-state index in [4.69, 9.17) is 0 Å². The van der Waals surface area contributed by atoms with Gasteiger partial charge in [0.15, 0.2) is 0 Å². The third kappa shape index (κ3) is 3.36. The van der Waals surface area contributed by atoms with Crippen LogP contribution >= 0.6 is 15.9 Å². The van der Waals surface area contributed by atoms with Gasteiger partial charge in [-0.15, -0.1) is 0 Å². The number of benzene rings is 1. The van der Waals surface area contributed by atoms with Crippen molar-refractivity contribution in [3.05, 3.63) is 34.1 Å². The monoisotopic (exact) mass is 323 g/mol. The summed E-state index contributed by atoms with van der Waals surface area (Å²) >= 11 is 3.46. The summed E-state index contributed by atoms with van der Waals surface area (Å²) in [6, 6.07) is 7.24. The predicted octanol–water partition coefficient (Wildman–Crippen LogP) is 5.24. The predicted molar refractivity (Wildman–Crippen MR) is 78.1 cm³/mol. The molecule has 0 aromatic heterocycles. The van der Waals surface area contributed by atoms with Gasteiger partial charge in [0.25, 0.3) is 0 Å². The highest BCUT2D eigenvalue weighted by molar-refractivity contribution is 9.10. The second kappa shape index (κ2) is 6.05. The van der Waals surface area contributed by atoms with Gasteiger partial charge in [-0.3, -0.25) is 0 Å². The summed E-state index contributed by atoms with van der Waals surface area (Å²) in [4.78, 5) is 0. The number of halogens is 2. The average molecular weight is 324 g/mol. The molecular formula is C16H19BrFN. The van der Waals surface area contributed by atoms with Crippen molar-refractivity contribution in [1.82, 2.24) is 0 Å². The van der Waals surface area contributed by atoms with E-state index >= 15 is 0 Å². The molecule has 1 aromatic carbocycles. The second-order valence-corrected chi connectivity index (χ2v) is 6.51. The maximum atomic E-state index is 13.3. The molecule has 1 saturated carbocycles. The van der Waals surface area contributed by atoms with Crippen LogP contribution < -0.4 is 0 Å². The topological polar surface area (TPSA) is 23.8 Å². The lowest BCUT2D eigenvalue weighted by atomic mass is 9.68. The van der Waals surface area contributed by atoms with Crippen LogP contribution in [0.1, 0.15) is 44.6 Å². The molecule has 0 unspecified atom stereocenters. The van der Waals surface area contributed by atoms with Crippen molar-refractivity contribution in [2.75, 3.05) is 0 Å². The molecule has 0 saturated heterocycles. The van der Waals surface area contributed by atoms with Crippen molar-refractivity contribution in [3.8, 4) is 6.07 Å². The van der Waals surface area contributed by atoms with Gasteiger partial charge in [0.2, 0.25) is 0 Å². The molecule has 0 aliphatic heterocycles. The van der Waals surface area contributed by atoms with E-state index in [1.54, 1.807) is 12.1 Å². The van der Waals surface area contributed by atoms with Crippen LogP contribution in [0.5, 0.6) is 0 Å². The summed E-state index contributed by atoms with van der Waals surface area (Å²) in [7, 11) is 0. The highest BCUT2D eigenvalue weighted by Crippen LogP contribution is 2.42. The Balaban J connectivity index is 2.16. The van der Waals surface area contributed by atoms with E-state index in [1.165, 1.54) is 12.5 Å². The summed E-state index contributed by atoms with van der Waals surface area (Å²) in [5.74, 6) is 0.533. The summed E-state index contributed by atoms with van der Waals surface area (Å²) in [5.41, 5.74) is 0.610. The van der Waals surface area contributed by atoms with Crippen LogP contribution in [0.25, 0.3) is 0 Å². The summed E-state index contributed by atoms with van der Waals surface area (Å²) < 4.78 is 14.2. The van der Waals surface area contributed by atoms with Crippen LogP contribution in [-0.2, 0) is 6.42 Å². The maximum Gasteiger partial charge on any atom is 0.123 e. The Kier molecular flexibility index (Phi) is 4.62. The van der Waals surface area contributed by atoms with Gasteiger partial charge in [-0.25, -0.2) is 4.39 Å². The van der Waals surface area contributed by atoms with Crippen molar-refractivity contribution in [2.45, 2.75) is 45.4 Å². The van der Waals surface area contributed by atoms with Crippen LogP contribution in [-0.4, -0.2) is 0 Å². The van der Waals surface area contributed by atoms with Crippen LogP contribution in [0.4, 0.5) is 4.39 Å². The molecule has 0 heterocycles. The van der Waals surface area contributed by atoms with Crippen molar-refractivity contribution < 1.29 is 4.39 Å². The highest BCUT2D eigenvalue weighted by atomic mass is 79.9. The number of rotatable bonds is 3. The van der Waals surface area contributed by atoms with E-state index in [0.29, 0.717) is 6.42 Å². The molecule has 1 nitrogen and oxygen atoms in total. The Labute approximate surface area is 123 Å². The number of hydrogen-bond acceptors (Lipinski definition) is 1. The molecule has 0 N–H and O–H groups in total. The molecule has 0 radical (unpaired) electrons. The van der Waals surface area contributed by atoms with Crippen LogP contribution in [0.15, 0.2) is 22.7 Å². The zero-order valence-corrected chi connectivity index (χ0v) is 12.8. The minimum Gasteiger partial charge on any atom is -0.207 e. The number of nitriles is 1. The van der Waals surface area contributed by atoms with Gasteiger partial charge in [-0.2, -0.15) is 5.26 Å². The van der Waals surface area contributed by atoms with Crippen molar-refractivity contribution >= 4 is 15.9 Å². The van der Waals surface area contributed by atoms with Gasteiger partial charge in [0.1, 0.15) is 5.82 Å². The molecule has 3 heteroatoms. The minimum absolute atomic E-state index is 0.228. The fourth-order valence-electron chi connectivity index (χ4n) is 3.01. The van der Waals surface area contributed by atoms with E-state index in [-0.39, 0.29) is 11.2 Å². The molecule has 1 fully saturated rings. The molecule has 0 spiro atoms. The first-order valence-electron chi connectivity index (χ1n) is 6.94. The fraction of sp³-hybridized carbons (Fsp3) is 0.562. The van der Waals surface area contributed by atoms with E-state index in [0.717, 1.165) is 41.6 Å². The first-order valence-corrected chi connectivity index (χ1v) is 7.73. The van der Waals surface area contributed by atoms with E-state index in [9.17, 15) is 9.65 Å². The van der Waals surface area contributed by atoms with Crippen molar-refractivity contribution in [2.24, 2.45) is 11.3 Å². The Morgan fingerprint density at radius 2 is 2.11 bits per heavy atom. The van der Waals surface area contributed by atoms with Crippen molar-refractivity contribution in [3.63, 3.8) is 0 Å². The molecule has 1 aliphatic rings. The Morgan fingerprint density at radius 3 is 2.68 bits per heavy atom. The summed E-state index contributed by atoms with van der Waals surface area (Å²) in [6.45, 7) is 2.22. The lowest BCUT2D eigenvalue weighted by Crippen LogP contribution is -2.28.